The molecule has 106 valence electrons. The van der Waals surface area contributed by atoms with Gasteiger partial charge in [0.2, 0.25) is 0 Å². The normalized spacial score (nSPS) is 10.6. The van der Waals surface area contributed by atoms with Crippen molar-refractivity contribution in [2.24, 2.45) is 0 Å². The Bertz CT molecular complexity index is 634. The van der Waals surface area contributed by atoms with Crippen molar-refractivity contribution in [3.8, 4) is 0 Å². The molecular weight excluding hydrogens is 256 g/mol. The van der Waals surface area contributed by atoms with Gasteiger partial charge in [0.05, 0.1) is 13.2 Å². The van der Waals surface area contributed by atoms with E-state index >= 15 is 0 Å². The number of nitrogens with two attached hydrogens (primary N) is 1. The average molecular weight is 274 g/mol. The lowest BCUT2D eigenvalue weighted by molar-refractivity contribution is 0.0521. The van der Waals surface area contributed by atoms with Crippen LogP contribution in [0.5, 0.6) is 0 Å². The Balaban J connectivity index is 2.34. The molecule has 0 aromatic carbocycles. The van der Waals surface area contributed by atoms with E-state index in [0.29, 0.717) is 24.8 Å². The Morgan fingerprint density at radius 2 is 2.20 bits per heavy atom. The van der Waals surface area contributed by atoms with Crippen LogP contribution in [0.25, 0.3) is 0 Å². The van der Waals surface area contributed by atoms with Crippen molar-refractivity contribution in [1.82, 2.24) is 14.5 Å². The summed E-state index contributed by atoms with van der Waals surface area (Å²) in [6.45, 7) is 6.39. The monoisotopic (exact) mass is 274 g/mol. The average Bonchev–Trinajstić information content (AvgIpc) is 2.69. The molecule has 0 aliphatic carbocycles. The lowest BCUT2D eigenvalue weighted by Crippen LogP contribution is -2.11. The first kappa shape index (κ1) is 14.0. The summed E-state index contributed by atoms with van der Waals surface area (Å²) < 4.78 is 6.73. The van der Waals surface area contributed by atoms with Gasteiger partial charge < -0.3 is 15.0 Å². The molecule has 0 fully saturated rings. The van der Waals surface area contributed by atoms with Crippen molar-refractivity contribution >= 4 is 11.8 Å². The first-order chi connectivity index (χ1) is 9.54. The first-order valence-electron chi connectivity index (χ1n) is 6.43. The second-order valence-corrected chi connectivity index (χ2v) is 4.50. The summed E-state index contributed by atoms with van der Waals surface area (Å²) in [4.78, 5) is 20.1. The highest BCUT2D eigenvalue weighted by Crippen LogP contribution is 2.18. The predicted octanol–water partition coefficient (Wildman–Crippen LogP) is 1.70. The molecule has 20 heavy (non-hydrogen) atoms. The smallest absolute Gasteiger partial charge is 0.360 e. The largest absolute Gasteiger partial charge is 0.461 e. The molecule has 2 aromatic rings. The molecule has 6 nitrogen and oxygen atoms in total. The van der Waals surface area contributed by atoms with E-state index in [-0.39, 0.29) is 5.69 Å². The van der Waals surface area contributed by atoms with Gasteiger partial charge in [0.1, 0.15) is 11.6 Å². The number of esters is 1. The highest BCUT2D eigenvalue weighted by atomic mass is 16.5. The summed E-state index contributed by atoms with van der Waals surface area (Å²) in [5.74, 6) is 0.507. The van der Waals surface area contributed by atoms with Crippen molar-refractivity contribution in [2.45, 2.75) is 27.3 Å². The third kappa shape index (κ3) is 2.64. The fraction of sp³-hybridized carbons (Fsp3) is 0.357. The van der Waals surface area contributed by atoms with Crippen LogP contribution in [-0.4, -0.2) is 27.1 Å². The zero-order valence-corrected chi connectivity index (χ0v) is 11.9. The van der Waals surface area contributed by atoms with Gasteiger partial charge in [0.15, 0.2) is 5.69 Å². The van der Waals surface area contributed by atoms with Crippen LogP contribution in [0.15, 0.2) is 18.5 Å². The summed E-state index contributed by atoms with van der Waals surface area (Å²) >= 11 is 0. The zero-order chi connectivity index (χ0) is 14.7. The highest BCUT2D eigenvalue weighted by molar-refractivity contribution is 5.92. The predicted molar refractivity (Wildman–Crippen MR) is 75.4 cm³/mol. The lowest BCUT2D eigenvalue weighted by Gasteiger charge is -2.09. The molecule has 0 atom stereocenters. The third-order valence-corrected chi connectivity index (χ3v) is 3.14. The number of hydrogen-bond donors (Lipinski definition) is 1. The van der Waals surface area contributed by atoms with E-state index in [4.69, 9.17) is 10.5 Å². The Morgan fingerprint density at radius 1 is 1.45 bits per heavy atom. The van der Waals surface area contributed by atoms with Gasteiger partial charge in [-0.15, -0.1) is 0 Å². The highest BCUT2D eigenvalue weighted by Gasteiger charge is 2.20. The number of pyridine rings is 1. The molecule has 0 bridgehead atoms. The number of nitrogen functional groups attached to an aromatic ring is 1. The molecule has 2 aromatic heterocycles. The molecule has 2 rings (SSSR count). The van der Waals surface area contributed by atoms with Crippen LogP contribution in [0.2, 0.25) is 0 Å². The van der Waals surface area contributed by atoms with E-state index in [2.05, 4.69) is 9.97 Å². The van der Waals surface area contributed by atoms with Crippen molar-refractivity contribution in [1.29, 1.82) is 0 Å². The molecule has 0 radical (unpaired) electrons. The van der Waals surface area contributed by atoms with Crippen molar-refractivity contribution in [2.75, 3.05) is 12.3 Å². The number of carbonyl (C=O) groups is 1. The number of hydrogen-bond acceptors (Lipinski definition) is 5. The van der Waals surface area contributed by atoms with E-state index in [0.717, 1.165) is 11.1 Å². The minimum absolute atomic E-state index is 0.172. The minimum Gasteiger partial charge on any atom is -0.461 e. The molecule has 0 aliphatic rings. The van der Waals surface area contributed by atoms with Crippen LogP contribution in [0.1, 0.15) is 34.4 Å². The molecule has 0 amide bonds. The molecule has 6 heteroatoms. The van der Waals surface area contributed by atoms with Crippen LogP contribution in [0.4, 0.5) is 5.82 Å². The van der Waals surface area contributed by atoms with Crippen molar-refractivity contribution in [3.63, 3.8) is 0 Å². The standard InChI is InChI=1S/C14H18N4O2/c1-4-20-14(19)12-13(15)18(10(3)17-12)8-11-7-16-6-5-9(11)2/h5-7H,4,8,15H2,1-3H3. The number of nitrogens with zero attached hydrogens (tertiary/aromatic N) is 3. The molecule has 0 unspecified atom stereocenters. The summed E-state index contributed by atoms with van der Waals surface area (Å²) in [6, 6.07) is 1.93. The lowest BCUT2D eigenvalue weighted by atomic mass is 10.1. The van der Waals surface area contributed by atoms with E-state index in [1.54, 1.807) is 23.9 Å². The SMILES string of the molecule is CCOC(=O)c1nc(C)n(Cc2cnccc2C)c1N. The third-order valence-electron chi connectivity index (χ3n) is 3.14. The number of rotatable bonds is 4. The maximum atomic E-state index is 11.8. The quantitative estimate of drug-likeness (QED) is 0.858. The van der Waals surface area contributed by atoms with Crippen LogP contribution < -0.4 is 5.73 Å². The molecule has 0 saturated carbocycles. The summed E-state index contributed by atoms with van der Waals surface area (Å²) in [5.41, 5.74) is 8.34. The second kappa shape index (κ2) is 5.73. The minimum atomic E-state index is -0.491. The summed E-state index contributed by atoms with van der Waals surface area (Å²) in [5, 5.41) is 0. The Hall–Kier alpha value is -2.37. The van der Waals surface area contributed by atoms with E-state index in [1.165, 1.54) is 0 Å². The fourth-order valence-corrected chi connectivity index (χ4v) is 1.96. The fourth-order valence-electron chi connectivity index (χ4n) is 1.96. The zero-order valence-electron chi connectivity index (χ0n) is 11.9. The number of ether oxygens (including phenoxy) is 1. The van der Waals surface area contributed by atoms with Crippen molar-refractivity contribution in [3.05, 3.63) is 41.1 Å². The number of aromatic nitrogens is 3. The van der Waals surface area contributed by atoms with Crippen LogP contribution in [0.3, 0.4) is 0 Å². The van der Waals surface area contributed by atoms with Gasteiger partial charge in [0, 0.05) is 12.4 Å². The van der Waals surface area contributed by atoms with Gasteiger partial charge in [-0.25, -0.2) is 9.78 Å². The van der Waals surface area contributed by atoms with E-state index in [9.17, 15) is 4.79 Å². The summed E-state index contributed by atoms with van der Waals surface area (Å²) in [6.07, 6.45) is 3.53. The van der Waals surface area contributed by atoms with Gasteiger partial charge in [-0.3, -0.25) is 4.98 Å². The molecule has 0 spiro atoms. The van der Waals surface area contributed by atoms with E-state index in [1.807, 2.05) is 19.9 Å². The van der Waals surface area contributed by atoms with Crippen LogP contribution >= 0.6 is 0 Å². The maximum Gasteiger partial charge on any atom is 0.360 e. The van der Waals surface area contributed by atoms with Crippen molar-refractivity contribution < 1.29 is 9.53 Å². The molecule has 0 saturated heterocycles. The maximum absolute atomic E-state index is 11.8. The number of anilines is 1. The van der Waals surface area contributed by atoms with Gasteiger partial charge in [0.25, 0.3) is 0 Å². The van der Waals surface area contributed by atoms with Gasteiger partial charge in [-0.2, -0.15) is 0 Å². The van der Waals surface area contributed by atoms with Gasteiger partial charge in [-0.05, 0) is 38.0 Å². The van der Waals surface area contributed by atoms with Gasteiger partial charge in [-0.1, -0.05) is 0 Å². The van der Waals surface area contributed by atoms with Crippen LogP contribution in [-0.2, 0) is 11.3 Å². The number of aryl methyl sites for hydroxylation is 2. The molecular formula is C14H18N4O2. The Morgan fingerprint density at radius 3 is 2.85 bits per heavy atom. The molecule has 0 aliphatic heterocycles. The number of imidazole rings is 1. The Kier molecular flexibility index (Phi) is 4.02. The first-order valence-corrected chi connectivity index (χ1v) is 6.43. The summed E-state index contributed by atoms with van der Waals surface area (Å²) in [7, 11) is 0. The number of carbonyl (C=O) groups excluding carboxylic acids is 1. The Labute approximate surface area is 117 Å². The molecule has 2 N–H and O–H groups in total. The second-order valence-electron chi connectivity index (χ2n) is 4.50. The molecule has 2 heterocycles. The van der Waals surface area contributed by atoms with E-state index < -0.39 is 5.97 Å². The van der Waals surface area contributed by atoms with Crippen LogP contribution in [0, 0.1) is 13.8 Å². The van der Waals surface area contributed by atoms with Gasteiger partial charge >= 0.3 is 5.97 Å². The topological polar surface area (TPSA) is 83.0 Å².